The minimum absolute atomic E-state index is 0.0375. The molecule has 4 aliphatic rings. The smallest absolute Gasteiger partial charge is 0.139 e. The lowest BCUT2D eigenvalue weighted by Gasteiger charge is -2.58. The maximum Gasteiger partial charge on any atom is 0.139 e. The standard InChI is InChI=1S/C18H23N5O/c19-16(20)13-8-22-17-12(1-2-21-17)15(13)23-14-10-3-9-4-11(14)7-18(24,5-9)6-10/h1-2,8-11,14,24H,3-7H2,(H3,19,20)(H2,21,22,23). The fourth-order valence-corrected chi connectivity index (χ4v) is 5.75. The van der Waals surface area contributed by atoms with Crippen LogP contribution in [0.3, 0.4) is 0 Å². The van der Waals surface area contributed by atoms with Crippen molar-refractivity contribution >= 4 is 22.6 Å². The summed E-state index contributed by atoms with van der Waals surface area (Å²) in [5, 5.41) is 23.4. The molecule has 0 spiro atoms. The summed E-state index contributed by atoms with van der Waals surface area (Å²) < 4.78 is 0. The van der Waals surface area contributed by atoms with Gasteiger partial charge >= 0.3 is 0 Å². The number of anilines is 1. The van der Waals surface area contributed by atoms with E-state index >= 15 is 0 Å². The minimum atomic E-state index is -0.431. The molecule has 2 unspecified atom stereocenters. The predicted octanol–water partition coefficient (Wildman–Crippen LogP) is 2.20. The normalized spacial score (nSPS) is 37.0. The molecule has 4 saturated carbocycles. The maximum atomic E-state index is 10.8. The van der Waals surface area contributed by atoms with Gasteiger partial charge in [0, 0.05) is 23.8 Å². The number of amidine groups is 1. The van der Waals surface area contributed by atoms with Crippen molar-refractivity contribution in [2.75, 3.05) is 5.32 Å². The molecule has 4 bridgehead atoms. The summed E-state index contributed by atoms with van der Waals surface area (Å²) in [5.74, 6) is 1.73. The van der Waals surface area contributed by atoms with E-state index in [1.165, 1.54) is 12.8 Å². The van der Waals surface area contributed by atoms with Crippen molar-refractivity contribution in [1.82, 2.24) is 9.97 Å². The number of aromatic nitrogens is 2. The number of fused-ring (bicyclic) bond motifs is 1. The number of hydrogen-bond donors (Lipinski definition) is 5. The van der Waals surface area contributed by atoms with Gasteiger partial charge in [-0.1, -0.05) is 0 Å². The Labute approximate surface area is 140 Å². The van der Waals surface area contributed by atoms with Gasteiger partial charge in [-0.3, -0.25) is 5.41 Å². The van der Waals surface area contributed by atoms with E-state index in [9.17, 15) is 5.11 Å². The van der Waals surface area contributed by atoms with E-state index in [4.69, 9.17) is 11.1 Å². The third-order valence-corrected chi connectivity index (χ3v) is 6.43. The molecule has 0 amide bonds. The predicted molar refractivity (Wildman–Crippen MR) is 93.0 cm³/mol. The summed E-state index contributed by atoms with van der Waals surface area (Å²) in [4.78, 5) is 7.49. The van der Waals surface area contributed by atoms with Crippen molar-refractivity contribution in [2.45, 2.75) is 43.7 Å². The van der Waals surface area contributed by atoms with E-state index in [1.807, 2.05) is 12.3 Å². The lowest BCUT2D eigenvalue weighted by Crippen LogP contribution is -2.59. The Morgan fingerprint density at radius 1 is 1.33 bits per heavy atom. The second-order valence-electron chi connectivity index (χ2n) is 8.06. The maximum absolute atomic E-state index is 10.8. The lowest BCUT2D eigenvalue weighted by molar-refractivity contribution is -0.129. The number of aliphatic hydroxyl groups is 1. The number of nitrogen functional groups attached to an aromatic ring is 1. The van der Waals surface area contributed by atoms with Crippen LogP contribution in [0.4, 0.5) is 5.69 Å². The zero-order valence-electron chi connectivity index (χ0n) is 13.5. The fourth-order valence-electron chi connectivity index (χ4n) is 5.75. The van der Waals surface area contributed by atoms with Crippen LogP contribution in [0.5, 0.6) is 0 Å². The van der Waals surface area contributed by atoms with E-state index in [1.54, 1.807) is 6.20 Å². The van der Waals surface area contributed by atoms with E-state index < -0.39 is 5.60 Å². The summed E-state index contributed by atoms with van der Waals surface area (Å²) in [7, 11) is 0. The van der Waals surface area contributed by atoms with Gasteiger partial charge < -0.3 is 21.1 Å². The second-order valence-corrected chi connectivity index (χ2v) is 8.06. The molecule has 4 aliphatic carbocycles. The van der Waals surface area contributed by atoms with Crippen molar-refractivity contribution < 1.29 is 5.11 Å². The average Bonchev–Trinajstić information content (AvgIpc) is 2.97. The highest BCUT2D eigenvalue weighted by Gasteiger charge is 2.54. The molecule has 4 fully saturated rings. The zero-order valence-corrected chi connectivity index (χ0v) is 13.5. The number of nitrogens with one attached hydrogen (secondary N) is 3. The second kappa shape index (κ2) is 4.72. The van der Waals surface area contributed by atoms with Crippen molar-refractivity contribution in [1.29, 1.82) is 5.41 Å². The highest BCUT2D eigenvalue weighted by Crippen LogP contribution is 2.56. The van der Waals surface area contributed by atoms with Gasteiger partial charge in [0.2, 0.25) is 0 Å². The van der Waals surface area contributed by atoms with Crippen LogP contribution in [0.2, 0.25) is 0 Å². The largest absolute Gasteiger partial charge is 0.390 e. The Morgan fingerprint density at radius 2 is 2.08 bits per heavy atom. The summed E-state index contributed by atoms with van der Waals surface area (Å²) in [6.45, 7) is 0. The molecule has 0 aromatic carbocycles. The minimum Gasteiger partial charge on any atom is -0.390 e. The van der Waals surface area contributed by atoms with Gasteiger partial charge in [0.1, 0.15) is 11.5 Å². The topological polar surface area (TPSA) is 111 Å². The van der Waals surface area contributed by atoms with E-state index in [0.29, 0.717) is 29.4 Å². The van der Waals surface area contributed by atoms with Gasteiger partial charge in [0.05, 0.1) is 16.9 Å². The van der Waals surface area contributed by atoms with Gasteiger partial charge in [-0.05, 0) is 55.9 Å². The number of H-pyrrole nitrogens is 1. The van der Waals surface area contributed by atoms with E-state index in [0.717, 1.165) is 36.0 Å². The Balaban J connectivity index is 1.54. The summed E-state index contributed by atoms with van der Waals surface area (Å²) in [6, 6.07) is 2.33. The van der Waals surface area contributed by atoms with Crippen LogP contribution in [0.15, 0.2) is 18.5 Å². The molecule has 126 valence electrons. The summed E-state index contributed by atoms with van der Waals surface area (Å²) >= 11 is 0. The zero-order chi connectivity index (χ0) is 16.5. The number of nitrogens with two attached hydrogens (primary N) is 1. The first kappa shape index (κ1) is 14.3. The molecule has 24 heavy (non-hydrogen) atoms. The highest BCUT2D eigenvalue weighted by molar-refractivity contribution is 6.07. The Hall–Kier alpha value is -2.08. The van der Waals surface area contributed by atoms with Gasteiger partial charge in [-0.15, -0.1) is 0 Å². The quantitative estimate of drug-likeness (QED) is 0.440. The molecule has 0 saturated heterocycles. The number of pyridine rings is 1. The molecule has 2 heterocycles. The molecule has 2 atom stereocenters. The van der Waals surface area contributed by atoms with Crippen LogP contribution >= 0.6 is 0 Å². The Kier molecular flexibility index (Phi) is 2.81. The number of hydrogen-bond acceptors (Lipinski definition) is 4. The molecule has 6 nitrogen and oxygen atoms in total. The number of rotatable bonds is 3. The van der Waals surface area contributed by atoms with E-state index in [2.05, 4.69) is 15.3 Å². The Morgan fingerprint density at radius 3 is 2.75 bits per heavy atom. The van der Waals surface area contributed by atoms with Crippen molar-refractivity contribution in [3.63, 3.8) is 0 Å². The molecule has 2 aromatic heterocycles. The Bertz CT molecular complexity index is 812. The van der Waals surface area contributed by atoms with Crippen molar-refractivity contribution in [3.05, 3.63) is 24.0 Å². The number of nitrogens with zero attached hydrogens (tertiary/aromatic N) is 1. The first-order valence-electron chi connectivity index (χ1n) is 8.82. The van der Waals surface area contributed by atoms with Gasteiger partial charge in [0.25, 0.3) is 0 Å². The van der Waals surface area contributed by atoms with Crippen LogP contribution < -0.4 is 11.1 Å². The van der Waals surface area contributed by atoms with Crippen LogP contribution in [0.1, 0.15) is 37.7 Å². The molecule has 2 aromatic rings. The third-order valence-electron chi connectivity index (χ3n) is 6.43. The monoisotopic (exact) mass is 325 g/mol. The summed E-state index contributed by atoms with van der Waals surface area (Å²) in [5.41, 5.74) is 7.75. The fraction of sp³-hybridized carbons (Fsp3) is 0.556. The molecular weight excluding hydrogens is 302 g/mol. The van der Waals surface area contributed by atoms with Gasteiger partial charge in [-0.25, -0.2) is 4.98 Å². The molecule has 0 radical (unpaired) electrons. The SMILES string of the molecule is N=C(N)c1cnc2[nH]ccc2c1NC1C2CC3CC1CC(O)(C3)C2. The van der Waals surface area contributed by atoms with Crippen LogP contribution in [-0.4, -0.2) is 32.6 Å². The third kappa shape index (κ3) is 1.99. The van der Waals surface area contributed by atoms with Crippen molar-refractivity contribution in [3.8, 4) is 0 Å². The van der Waals surface area contributed by atoms with Crippen LogP contribution in [0, 0.1) is 23.2 Å². The first-order chi connectivity index (χ1) is 11.5. The van der Waals surface area contributed by atoms with Gasteiger partial charge in [0.15, 0.2) is 0 Å². The van der Waals surface area contributed by atoms with Crippen LogP contribution in [0.25, 0.3) is 11.0 Å². The van der Waals surface area contributed by atoms with Crippen LogP contribution in [-0.2, 0) is 0 Å². The molecular formula is C18H23N5O. The summed E-state index contributed by atoms with van der Waals surface area (Å²) in [6.07, 6.45) is 8.73. The highest BCUT2D eigenvalue weighted by atomic mass is 16.3. The first-order valence-corrected chi connectivity index (χ1v) is 8.82. The molecule has 6 rings (SSSR count). The number of aromatic amines is 1. The van der Waals surface area contributed by atoms with Gasteiger partial charge in [-0.2, -0.15) is 0 Å². The molecule has 6 heteroatoms. The van der Waals surface area contributed by atoms with E-state index in [-0.39, 0.29) is 5.84 Å². The van der Waals surface area contributed by atoms with Crippen molar-refractivity contribution in [2.24, 2.45) is 23.5 Å². The lowest BCUT2D eigenvalue weighted by atomic mass is 9.52. The average molecular weight is 325 g/mol. The molecule has 0 aliphatic heterocycles. The molecule has 6 N–H and O–H groups in total.